The second kappa shape index (κ2) is 5.29. The van der Waals surface area contributed by atoms with E-state index in [4.69, 9.17) is 16.3 Å². The van der Waals surface area contributed by atoms with Gasteiger partial charge in [0.15, 0.2) is 0 Å². The second-order valence-corrected chi connectivity index (χ2v) is 6.53. The SMILES string of the molecule is CCC1(C)C(Br)CC1OCc1cccc(Cl)c1. The Bertz CT molecular complexity index is 396. The van der Waals surface area contributed by atoms with Gasteiger partial charge in [-0.3, -0.25) is 0 Å². The van der Waals surface area contributed by atoms with E-state index in [0.29, 0.717) is 17.5 Å². The molecule has 2 rings (SSSR count). The van der Waals surface area contributed by atoms with E-state index in [-0.39, 0.29) is 5.41 Å². The summed E-state index contributed by atoms with van der Waals surface area (Å²) in [4.78, 5) is 0.587. The van der Waals surface area contributed by atoms with Crippen molar-refractivity contribution in [3.63, 3.8) is 0 Å². The van der Waals surface area contributed by atoms with Gasteiger partial charge >= 0.3 is 0 Å². The van der Waals surface area contributed by atoms with E-state index >= 15 is 0 Å². The van der Waals surface area contributed by atoms with Gasteiger partial charge in [-0.2, -0.15) is 0 Å². The van der Waals surface area contributed by atoms with Crippen LogP contribution in [0.5, 0.6) is 0 Å². The topological polar surface area (TPSA) is 9.23 Å². The van der Waals surface area contributed by atoms with Crippen LogP contribution in [0.15, 0.2) is 24.3 Å². The zero-order valence-electron chi connectivity index (χ0n) is 10.2. The molecule has 0 aliphatic heterocycles. The van der Waals surface area contributed by atoms with Crippen molar-refractivity contribution in [3.8, 4) is 0 Å². The van der Waals surface area contributed by atoms with E-state index in [1.165, 1.54) is 0 Å². The maximum atomic E-state index is 6.01. The molecule has 0 N–H and O–H groups in total. The largest absolute Gasteiger partial charge is 0.373 e. The van der Waals surface area contributed by atoms with E-state index in [1.807, 2.05) is 18.2 Å². The van der Waals surface area contributed by atoms with E-state index < -0.39 is 0 Å². The summed E-state index contributed by atoms with van der Waals surface area (Å²) < 4.78 is 6.01. The van der Waals surface area contributed by atoms with Gasteiger partial charge in [-0.05, 0) is 30.5 Å². The third-order valence-electron chi connectivity index (χ3n) is 3.97. The Morgan fingerprint density at radius 2 is 2.29 bits per heavy atom. The molecule has 3 heteroatoms. The lowest BCUT2D eigenvalue weighted by atomic mass is 9.66. The minimum Gasteiger partial charge on any atom is -0.373 e. The molecule has 1 nitrogen and oxygen atoms in total. The van der Waals surface area contributed by atoms with Gasteiger partial charge in [-0.25, -0.2) is 0 Å². The van der Waals surface area contributed by atoms with Crippen molar-refractivity contribution >= 4 is 27.5 Å². The molecule has 0 radical (unpaired) electrons. The summed E-state index contributed by atoms with van der Waals surface area (Å²) in [7, 11) is 0. The third kappa shape index (κ3) is 2.69. The molecule has 0 bridgehead atoms. The molecular weight excluding hydrogens is 300 g/mol. The molecule has 1 fully saturated rings. The number of alkyl halides is 1. The summed E-state index contributed by atoms with van der Waals surface area (Å²) in [6.45, 7) is 5.17. The highest BCUT2D eigenvalue weighted by Crippen LogP contribution is 2.50. The van der Waals surface area contributed by atoms with Crippen molar-refractivity contribution in [2.45, 2.75) is 44.2 Å². The highest BCUT2D eigenvalue weighted by atomic mass is 79.9. The average Bonchev–Trinajstić information content (AvgIpc) is 2.33. The highest BCUT2D eigenvalue weighted by Gasteiger charge is 2.49. The summed E-state index contributed by atoms with van der Waals surface area (Å²) in [5, 5.41) is 0.774. The van der Waals surface area contributed by atoms with Crippen molar-refractivity contribution in [1.82, 2.24) is 0 Å². The van der Waals surface area contributed by atoms with Crippen LogP contribution in [0.2, 0.25) is 5.02 Å². The number of ether oxygens (including phenoxy) is 1. The van der Waals surface area contributed by atoms with Gasteiger partial charge in [-0.1, -0.05) is 53.5 Å². The molecule has 1 aliphatic rings. The van der Waals surface area contributed by atoms with Gasteiger partial charge in [0.25, 0.3) is 0 Å². The Morgan fingerprint density at radius 1 is 1.53 bits per heavy atom. The van der Waals surface area contributed by atoms with Crippen molar-refractivity contribution in [1.29, 1.82) is 0 Å². The van der Waals surface area contributed by atoms with Crippen molar-refractivity contribution in [3.05, 3.63) is 34.9 Å². The summed E-state index contributed by atoms with van der Waals surface area (Å²) >= 11 is 9.67. The van der Waals surface area contributed by atoms with Crippen LogP contribution in [0.1, 0.15) is 32.3 Å². The Morgan fingerprint density at radius 3 is 2.88 bits per heavy atom. The molecule has 3 unspecified atom stereocenters. The van der Waals surface area contributed by atoms with Crippen molar-refractivity contribution in [2.75, 3.05) is 0 Å². The molecule has 0 heterocycles. The molecule has 3 atom stereocenters. The Hall–Kier alpha value is -0.0500. The summed E-state index contributed by atoms with van der Waals surface area (Å²) in [6.07, 6.45) is 2.60. The third-order valence-corrected chi connectivity index (χ3v) is 5.63. The minimum absolute atomic E-state index is 0.276. The van der Waals surface area contributed by atoms with Gasteiger partial charge < -0.3 is 4.74 Å². The number of rotatable bonds is 4. The first-order valence-corrected chi connectivity index (χ1v) is 7.35. The average molecular weight is 318 g/mol. The highest BCUT2D eigenvalue weighted by molar-refractivity contribution is 9.09. The molecular formula is C14H18BrClO. The van der Waals surface area contributed by atoms with E-state index in [9.17, 15) is 0 Å². The Kier molecular flexibility index (Phi) is 4.17. The van der Waals surface area contributed by atoms with Gasteiger partial charge in [0.1, 0.15) is 0 Å². The van der Waals surface area contributed by atoms with Crippen LogP contribution in [0.3, 0.4) is 0 Å². The molecule has 0 spiro atoms. The Labute approximate surface area is 117 Å². The molecule has 0 amide bonds. The van der Waals surface area contributed by atoms with Crippen molar-refractivity contribution in [2.24, 2.45) is 5.41 Å². The molecule has 0 saturated heterocycles. The summed E-state index contributed by atoms with van der Waals surface area (Å²) in [5.74, 6) is 0. The van der Waals surface area contributed by atoms with Crippen LogP contribution in [-0.4, -0.2) is 10.9 Å². The van der Waals surface area contributed by atoms with Crippen LogP contribution in [0.4, 0.5) is 0 Å². The fraction of sp³-hybridized carbons (Fsp3) is 0.571. The predicted octanol–water partition coefficient (Wildman–Crippen LogP) is 4.81. The zero-order chi connectivity index (χ0) is 12.5. The molecule has 0 aromatic heterocycles. The smallest absolute Gasteiger partial charge is 0.0721 e. The van der Waals surface area contributed by atoms with Crippen LogP contribution in [-0.2, 0) is 11.3 Å². The summed E-state index contributed by atoms with van der Waals surface area (Å²) in [6, 6.07) is 7.88. The quantitative estimate of drug-likeness (QED) is 0.724. The van der Waals surface area contributed by atoms with E-state index in [2.05, 4.69) is 35.8 Å². The number of benzene rings is 1. The first-order valence-electron chi connectivity index (χ1n) is 6.06. The fourth-order valence-electron chi connectivity index (χ4n) is 2.30. The number of hydrogen-bond acceptors (Lipinski definition) is 1. The van der Waals surface area contributed by atoms with Gasteiger partial charge in [-0.15, -0.1) is 0 Å². The van der Waals surface area contributed by atoms with Crippen LogP contribution in [0.25, 0.3) is 0 Å². The Balaban J connectivity index is 1.91. The van der Waals surface area contributed by atoms with Gasteiger partial charge in [0, 0.05) is 15.3 Å². The molecule has 17 heavy (non-hydrogen) atoms. The molecule has 94 valence electrons. The number of hydrogen-bond donors (Lipinski definition) is 0. The molecule has 1 aromatic rings. The maximum absolute atomic E-state index is 6.01. The summed E-state index contributed by atoms with van der Waals surface area (Å²) in [5.41, 5.74) is 1.42. The zero-order valence-corrected chi connectivity index (χ0v) is 12.6. The predicted molar refractivity (Wildman–Crippen MR) is 75.8 cm³/mol. The van der Waals surface area contributed by atoms with Crippen LogP contribution in [0, 0.1) is 5.41 Å². The van der Waals surface area contributed by atoms with Crippen molar-refractivity contribution < 1.29 is 4.74 Å². The van der Waals surface area contributed by atoms with Gasteiger partial charge in [0.05, 0.1) is 12.7 Å². The standard InChI is InChI=1S/C14H18BrClO/c1-3-14(2)12(15)8-13(14)17-9-10-5-4-6-11(16)7-10/h4-7,12-13H,3,8-9H2,1-2H3. The molecule has 1 aliphatic carbocycles. The van der Waals surface area contributed by atoms with E-state index in [1.54, 1.807) is 0 Å². The lowest BCUT2D eigenvalue weighted by molar-refractivity contribution is -0.104. The number of halogens is 2. The van der Waals surface area contributed by atoms with Gasteiger partial charge in [0.2, 0.25) is 0 Å². The first-order chi connectivity index (χ1) is 8.06. The molecule has 1 saturated carbocycles. The molecule has 1 aromatic carbocycles. The lowest BCUT2D eigenvalue weighted by Gasteiger charge is -2.51. The lowest BCUT2D eigenvalue weighted by Crippen LogP contribution is -2.53. The maximum Gasteiger partial charge on any atom is 0.0721 e. The normalized spacial score (nSPS) is 32.2. The fourth-order valence-corrected chi connectivity index (χ4v) is 3.47. The minimum atomic E-state index is 0.276. The van der Waals surface area contributed by atoms with E-state index in [0.717, 1.165) is 23.4 Å². The second-order valence-electron chi connectivity index (χ2n) is 4.99. The van der Waals surface area contributed by atoms with Crippen LogP contribution >= 0.6 is 27.5 Å². The monoisotopic (exact) mass is 316 g/mol. The van der Waals surface area contributed by atoms with Crippen LogP contribution < -0.4 is 0 Å². The first kappa shape index (κ1) is 13.4.